The summed E-state index contributed by atoms with van der Waals surface area (Å²) in [6.45, 7) is 4.51. The molecule has 1 aliphatic rings. The van der Waals surface area contributed by atoms with E-state index in [2.05, 4.69) is 0 Å². The molecule has 0 radical (unpaired) electrons. The van der Waals surface area contributed by atoms with Crippen LogP contribution in [0, 0.1) is 0 Å². The molecule has 0 saturated carbocycles. The third-order valence-corrected chi connectivity index (χ3v) is 5.41. The van der Waals surface area contributed by atoms with Crippen molar-refractivity contribution in [3.63, 3.8) is 0 Å². The number of nitrogens with zero attached hydrogens (tertiary/aromatic N) is 1. The number of likely N-dealkylation sites (tertiary alicyclic amines) is 1. The molecule has 8 heteroatoms. The Morgan fingerprint density at radius 3 is 2.18 bits per heavy atom. The number of aromatic hydroxyl groups is 1. The Kier molecular flexibility index (Phi) is 7.60. The minimum absolute atomic E-state index is 0.0475. The molecule has 2 aromatic rings. The fraction of sp³-hybridized carbons (Fsp3) is 0.360. The maximum absolute atomic E-state index is 13.2. The van der Waals surface area contributed by atoms with Crippen molar-refractivity contribution in [2.75, 3.05) is 27.4 Å². The van der Waals surface area contributed by atoms with Gasteiger partial charge in [-0.3, -0.25) is 9.59 Å². The quantitative estimate of drug-likeness (QED) is 0.257. The van der Waals surface area contributed by atoms with Crippen LogP contribution in [0.3, 0.4) is 0 Å². The van der Waals surface area contributed by atoms with Gasteiger partial charge in [-0.2, -0.15) is 0 Å². The monoisotopic (exact) mass is 455 g/mol. The summed E-state index contributed by atoms with van der Waals surface area (Å²) in [7, 11) is 2.88. The molecule has 8 nitrogen and oxygen atoms in total. The molecule has 0 aromatic heterocycles. The zero-order valence-electron chi connectivity index (χ0n) is 19.2. The summed E-state index contributed by atoms with van der Waals surface area (Å²) in [5.41, 5.74) is 0.692. The Labute approximate surface area is 193 Å². The highest BCUT2D eigenvalue weighted by molar-refractivity contribution is 6.46. The number of phenolic OH excluding ortho intramolecular Hbond substituents is 1. The van der Waals surface area contributed by atoms with Gasteiger partial charge in [0.2, 0.25) is 0 Å². The smallest absolute Gasteiger partial charge is 0.295 e. The lowest BCUT2D eigenvalue weighted by molar-refractivity contribution is -0.140. The second-order valence-electron chi connectivity index (χ2n) is 7.89. The van der Waals surface area contributed by atoms with Crippen LogP contribution < -0.4 is 9.47 Å². The summed E-state index contributed by atoms with van der Waals surface area (Å²) < 4.78 is 16.3. The van der Waals surface area contributed by atoms with Gasteiger partial charge in [0.1, 0.15) is 28.6 Å². The summed E-state index contributed by atoms with van der Waals surface area (Å²) in [5.74, 6) is -1.26. The van der Waals surface area contributed by atoms with Gasteiger partial charge in [0.05, 0.1) is 31.9 Å². The standard InChI is InChI=1S/C25H29NO7/c1-15(2)33-14-6-13-26-22(16-9-11-17(27)12-10-16)21(24(29)25(26)30)23(28)20-18(31-3)7-5-8-19(20)32-4/h5,7-12,15,22,27-28H,6,13-14H2,1-4H3/b23-21+. The number of hydrogen-bond acceptors (Lipinski definition) is 7. The number of benzene rings is 2. The lowest BCUT2D eigenvalue weighted by Crippen LogP contribution is -2.31. The van der Waals surface area contributed by atoms with Crippen molar-refractivity contribution in [1.29, 1.82) is 0 Å². The molecular weight excluding hydrogens is 426 g/mol. The van der Waals surface area contributed by atoms with E-state index in [9.17, 15) is 19.8 Å². The van der Waals surface area contributed by atoms with Crippen LogP contribution in [-0.4, -0.2) is 60.3 Å². The number of ketones is 1. The van der Waals surface area contributed by atoms with Crippen molar-refractivity contribution in [3.8, 4) is 17.2 Å². The van der Waals surface area contributed by atoms with Crippen molar-refractivity contribution < 1.29 is 34.0 Å². The fourth-order valence-electron chi connectivity index (χ4n) is 3.89. The average molecular weight is 456 g/mol. The van der Waals surface area contributed by atoms with Gasteiger partial charge in [0.25, 0.3) is 11.7 Å². The molecule has 1 unspecified atom stereocenters. The molecule has 1 atom stereocenters. The van der Waals surface area contributed by atoms with Crippen molar-refractivity contribution in [1.82, 2.24) is 4.90 Å². The minimum Gasteiger partial charge on any atom is -0.508 e. The number of ether oxygens (including phenoxy) is 3. The molecule has 0 bridgehead atoms. The van der Waals surface area contributed by atoms with Gasteiger partial charge < -0.3 is 29.3 Å². The van der Waals surface area contributed by atoms with E-state index in [1.165, 1.54) is 31.3 Å². The molecule has 1 fully saturated rings. The van der Waals surface area contributed by atoms with Gasteiger partial charge in [-0.05, 0) is 50.1 Å². The number of carbonyl (C=O) groups is 2. The fourth-order valence-corrected chi connectivity index (χ4v) is 3.89. The lowest BCUT2D eigenvalue weighted by Gasteiger charge is -2.26. The summed E-state index contributed by atoms with van der Waals surface area (Å²) in [6.07, 6.45) is 0.559. The molecular formula is C25H29NO7. The first kappa shape index (κ1) is 24.1. The highest BCUT2D eigenvalue weighted by atomic mass is 16.5. The summed E-state index contributed by atoms with van der Waals surface area (Å²) in [6, 6.07) is 10.3. The Morgan fingerprint density at radius 2 is 1.64 bits per heavy atom. The van der Waals surface area contributed by atoms with Crippen LogP contribution in [0.25, 0.3) is 5.76 Å². The molecule has 2 N–H and O–H groups in total. The Bertz CT molecular complexity index is 1020. The third kappa shape index (κ3) is 4.96. The van der Waals surface area contributed by atoms with Gasteiger partial charge in [0, 0.05) is 13.2 Å². The topological polar surface area (TPSA) is 106 Å². The van der Waals surface area contributed by atoms with Gasteiger partial charge in [0.15, 0.2) is 0 Å². The maximum atomic E-state index is 13.2. The SMILES string of the molecule is COc1cccc(OC)c1/C(O)=C1\C(=O)C(=O)N(CCCOC(C)C)C1c1ccc(O)cc1. The molecule has 0 aliphatic carbocycles. The van der Waals surface area contributed by atoms with Gasteiger partial charge in [-0.1, -0.05) is 18.2 Å². The van der Waals surface area contributed by atoms with Gasteiger partial charge >= 0.3 is 0 Å². The van der Waals surface area contributed by atoms with Crippen molar-refractivity contribution >= 4 is 17.4 Å². The van der Waals surface area contributed by atoms with E-state index in [0.717, 1.165) is 0 Å². The number of rotatable bonds is 9. The molecule has 3 rings (SSSR count). The predicted molar refractivity (Wildman–Crippen MR) is 122 cm³/mol. The molecule has 1 saturated heterocycles. The number of carbonyl (C=O) groups excluding carboxylic acids is 2. The van der Waals surface area contributed by atoms with Crippen molar-refractivity contribution in [3.05, 3.63) is 59.2 Å². The first-order valence-corrected chi connectivity index (χ1v) is 10.7. The van der Waals surface area contributed by atoms with Crippen LogP contribution in [0.15, 0.2) is 48.0 Å². The third-order valence-electron chi connectivity index (χ3n) is 5.41. The Morgan fingerprint density at radius 1 is 1.03 bits per heavy atom. The molecule has 1 aliphatic heterocycles. The predicted octanol–water partition coefficient (Wildman–Crippen LogP) is 3.65. The van der Waals surface area contributed by atoms with E-state index in [-0.39, 0.29) is 35.3 Å². The highest BCUT2D eigenvalue weighted by Gasteiger charge is 2.46. The number of Topliss-reactive ketones (excluding diaryl/α,β-unsaturated/α-hetero) is 1. The lowest BCUT2D eigenvalue weighted by atomic mass is 9.94. The number of aliphatic hydroxyl groups excluding tert-OH is 1. The van der Waals surface area contributed by atoms with Crippen LogP contribution in [0.4, 0.5) is 0 Å². The van der Waals surface area contributed by atoms with Crippen LogP contribution in [0.5, 0.6) is 17.2 Å². The number of phenols is 1. The van der Waals surface area contributed by atoms with Crippen LogP contribution in [-0.2, 0) is 14.3 Å². The minimum atomic E-state index is -0.848. The zero-order valence-corrected chi connectivity index (χ0v) is 19.2. The summed E-state index contributed by atoms with van der Waals surface area (Å²) in [5, 5.41) is 21.1. The van der Waals surface area contributed by atoms with Crippen LogP contribution in [0.1, 0.15) is 37.4 Å². The molecule has 33 heavy (non-hydrogen) atoms. The van der Waals surface area contributed by atoms with Crippen molar-refractivity contribution in [2.45, 2.75) is 32.4 Å². The maximum Gasteiger partial charge on any atom is 0.295 e. The van der Waals surface area contributed by atoms with Gasteiger partial charge in [-0.25, -0.2) is 0 Å². The normalized spacial score (nSPS) is 17.6. The molecule has 2 aromatic carbocycles. The second-order valence-corrected chi connectivity index (χ2v) is 7.89. The Balaban J connectivity index is 2.13. The zero-order chi connectivity index (χ0) is 24.1. The number of amides is 1. The Hall–Kier alpha value is -3.52. The highest BCUT2D eigenvalue weighted by Crippen LogP contribution is 2.43. The largest absolute Gasteiger partial charge is 0.508 e. The number of aliphatic hydroxyl groups is 1. The first-order valence-electron chi connectivity index (χ1n) is 10.7. The molecule has 0 spiro atoms. The molecule has 176 valence electrons. The number of methoxy groups -OCH3 is 2. The van der Waals surface area contributed by atoms with E-state index < -0.39 is 17.7 Å². The van der Waals surface area contributed by atoms with E-state index in [1.807, 2.05) is 13.8 Å². The van der Waals surface area contributed by atoms with E-state index >= 15 is 0 Å². The van der Waals surface area contributed by atoms with Crippen molar-refractivity contribution in [2.24, 2.45) is 0 Å². The molecule has 1 heterocycles. The summed E-state index contributed by atoms with van der Waals surface area (Å²) in [4.78, 5) is 27.6. The van der Waals surface area contributed by atoms with E-state index in [4.69, 9.17) is 14.2 Å². The van der Waals surface area contributed by atoms with Crippen LogP contribution >= 0.6 is 0 Å². The summed E-state index contributed by atoms with van der Waals surface area (Å²) >= 11 is 0. The van der Waals surface area contributed by atoms with Crippen LogP contribution in [0.2, 0.25) is 0 Å². The average Bonchev–Trinajstić information content (AvgIpc) is 3.06. The van der Waals surface area contributed by atoms with Gasteiger partial charge in [-0.15, -0.1) is 0 Å². The first-order chi connectivity index (χ1) is 15.8. The van der Waals surface area contributed by atoms with E-state index in [0.29, 0.717) is 30.1 Å². The molecule has 1 amide bonds. The second kappa shape index (κ2) is 10.4. The number of hydrogen-bond donors (Lipinski definition) is 2. The van der Waals surface area contributed by atoms with E-state index in [1.54, 1.807) is 30.3 Å².